The highest BCUT2D eigenvalue weighted by molar-refractivity contribution is 7.99. The summed E-state index contributed by atoms with van der Waals surface area (Å²) in [6.07, 6.45) is 0.692. The molecular formula is C11H16FNOS. The van der Waals surface area contributed by atoms with Crippen LogP contribution in [0.3, 0.4) is 0 Å². The Morgan fingerprint density at radius 3 is 2.93 bits per heavy atom. The molecule has 0 fully saturated rings. The third kappa shape index (κ3) is 3.81. The first-order valence-electron chi connectivity index (χ1n) is 4.95. The number of thioether (sulfide) groups is 1. The van der Waals surface area contributed by atoms with Crippen LogP contribution in [0.4, 0.5) is 4.39 Å². The Labute approximate surface area is 93.9 Å². The number of hydrogen-bond acceptors (Lipinski definition) is 3. The lowest BCUT2D eigenvalue weighted by Gasteiger charge is -2.09. The van der Waals surface area contributed by atoms with E-state index in [0.717, 1.165) is 11.3 Å². The van der Waals surface area contributed by atoms with Crippen molar-refractivity contribution in [2.45, 2.75) is 17.9 Å². The number of hydrogen-bond donors (Lipinski definition) is 2. The molecule has 2 nitrogen and oxygen atoms in total. The molecule has 1 aromatic carbocycles. The topological polar surface area (TPSA) is 32.3 Å². The lowest BCUT2D eigenvalue weighted by Crippen LogP contribution is -2.07. The van der Waals surface area contributed by atoms with Gasteiger partial charge in [0.2, 0.25) is 0 Å². The molecule has 0 unspecified atom stereocenters. The maximum absolute atomic E-state index is 13.5. The molecule has 0 radical (unpaired) electrons. The Balaban J connectivity index is 2.72. The SMILES string of the molecule is CNCc1cccc(F)c1SCCCO. The Morgan fingerprint density at radius 1 is 1.47 bits per heavy atom. The monoisotopic (exact) mass is 229 g/mol. The van der Waals surface area contributed by atoms with Crippen LogP contribution in [-0.2, 0) is 6.54 Å². The zero-order valence-corrected chi connectivity index (χ0v) is 9.61. The van der Waals surface area contributed by atoms with Crippen molar-refractivity contribution in [3.63, 3.8) is 0 Å². The molecule has 84 valence electrons. The molecule has 1 rings (SSSR count). The van der Waals surface area contributed by atoms with Crippen LogP contribution in [0.25, 0.3) is 0 Å². The Hall–Kier alpha value is -0.580. The van der Waals surface area contributed by atoms with Gasteiger partial charge in [-0.05, 0) is 25.1 Å². The van der Waals surface area contributed by atoms with Crippen LogP contribution in [0.1, 0.15) is 12.0 Å². The van der Waals surface area contributed by atoms with Gasteiger partial charge in [-0.1, -0.05) is 12.1 Å². The molecule has 0 aliphatic rings. The van der Waals surface area contributed by atoms with Crippen LogP contribution >= 0.6 is 11.8 Å². The van der Waals surface area contributed by atoms with Gasteiger partial charge in [0.05, 0.1) is 0 Å². The first kappa shape index (κ1) is 12.5. The molecule has 1 aromatic rings. The van der Waals surface area contributed by atoms with Gasteiger partial charge in [0.1, 0.15) is 5.82 Å². The molecule has 0 aliphatic heterocycles. The highest BCUT2D eigenvalue weighted by Gasteiger charge is 2.07. The highest BCUT2D eigenvalue weighted by atomic mass is 32.2. The van der Waals surface area contributed by atoms with Crippen molar-refractivity contribution in [1.82, 2.24) is 5.32 Å². The average molecular weight is 229 g/mol. The van der Waals surface area contributed by atoms with Crippen LogP contribution in [0.5, 0.6) is 0 Å². The van der Waals surface area contributed by atoms with E-state index >= 15 is 0 Å². The van der Waals surface area contributed by atoms with E-state index in [1.165, 1.54) is 17.8 Å². The second-order valence-electron chi connectivity index (χ2n) is 3.18. The van der Waals surface area contributed by atoms with Gasteiger partial charge in [0.25, 0.3) is 0 Å². The molecule has 0 spiro atoms. The first-order valence-corrected chi connectivity index (χ1v) is 5.93. The van der Waals surface area contributed by atoms with Crippen LogP contribution in [-0.4, -0.2) is 24.5 Å². The number of aliphatic hydroxyl groups excluding tert-OH is 1. The van der Waals surface area contributed by atoms with Crippen LogP contribution < -0.4 is 5.32 Å². The molecule has 0 aliphatic carbocycles. The summed E-state index contributed by atoms with van der Waals surface area (Å²) in [5.74, 6) is 0.569. The molecule has 15 heavy (non-hydrogen) atoms. The maximum atomic E-state index is 13.5. The highest BCUT2D eigenvalue weighted by Crippen LogP contribution is 2.26. The van der Waals surface area contributed by atoms with Gasteiger partial charge in [-0.3, -0.25) is 0 Å². The van der Waals surface area contributed by atoms with E-state index < -0.39 is 0 Å². The van der Waals surface area contributed by atoms with Crippen molar-refractivity contribution in [3.05, 3.63) is 29.6 Å². The predicted octanol–water partition coefficient (Wildman–Crippen LogP) is 2.02. The third-order valence-electron chi connectivity index (χ3n) is 1.96. The van der Waals surface area contributed by atoms with Crippen molar-refractivity contribution in [1.29, 1.82) is 0 Å². The van der Waals surface area contributed by atoms with Gasteiger partial charge in [-0.2, -0.15) is 0 Å². The van der Waals surface area contributed by atoms with E-state index in [4.69, 9.17) is 5.11 Å². The summed E-state index contributed by atoms with van der Waals surface area (Å²) >= 11 is 1.46. The summed E-state index contributed by atoms with van der Waals surface area (Å²) in [6, 6.07) is 5.11. The summed E-state index contributed by atoms with van der Waals surface area (Å²) < 4.78 is 13.5. The normalized spacial score (nSPS) is 10.6. The maximum Gasteiger partial charge on any atom is 0.137 e. The molecule has 0 amide bonds. The lowest BCUT2D eigenvalue weighted by molar-refractivity contribution is 0.296. The minimum absolute atomic E-state index is 0.156. The predicted molar refractivity (Wildman–Crippen MR) is 61.6 cm³/mol. The number of aliphatic hydroxyl groups is 1. The van der Waals surface area contributed by atoms with Gasteiger partial charge in [0.15, 0.2) is 0 Å². The Kier molecular flexibility index (Phi) is 5.68. The van der Waals surface area contributed by atoms with Crippen molar-refractivity contribution in [3.8, 4) is 0 Å². The van der Waals surface area contributed by atoms with E-state index in [2.05, 4.69) is 5.32 Å². The zero-order valence-electron chi connectivity index (χ0n) is 8.79. The minimum Gasteiger partial charge on any atom is -0.396 e. The molecule has 2 N–H and O–H groups in total. The number of halogens is 1. The first-order chi connectivity index (χ1) is 7.29. The quantitative estimate of drug-likeness (QED) is 0.578. The van der Waals surface area contributed by atoms with Gasteiger partial charge in [-0.25, -0.2) is 4.39 Å². The van der Waals surface area contributed by atoms with E-state index in [-0.39, 0.29) is 12.4 Å². The lowest BCUT2D eigenvalue weighted by atomic mass is 10.2. The van der Waals surface area contributed by atoms with Gasteiger partial charge in [0, 0.05) is 23.8 Å². The molecule has 0 aromatic heterocycles. The van der Waals surface area contributed by atoms with Crippen LogP contribution in [0, 0.1) is 5.82 Å². The van der Waals surface area contributed by atoms with E-state index in [1.54, 1.807) is 6.07 Å². The molecule has 4 heteroatoms. The Bertz CT molecular complexity index is 307. The van der Waals surface area contributed by atoms with E-state index in [0.29, 0.717) is 17.9 Å². The summed E-state index contributed by atoms with van der Waals surface area (Å²) in [7, 11) is 1.84. The van der Waals surface area contributed by atoms with Gasteiger partial charge in [-0.15, -0.1) is 11.8 Å². The summed E-state index contributed by atoms with van der Waals surface area (Å²) in [5.41, 5.74) is 0.973. The summed E-state index contributed by atoms with van der Waals surface area (Å²) in [6.45, 7) is 0.821. The smallest absolute Gasteiger partial charge is 0.137 e. The molecule has 0 bridgehead atoms. The van der Waals surface area contributed by atoms with Crippen molar-refractivity contribution < 1.29 is 9.50 Å². The fourth-order valence-electron chi connectivity index (χ4n) is 1.28. The number of nitrogens with one attached hydrogen (secondary N) is 1. The standard InChI is InChI=1S/C11H16FNOS/c1-13-8-9-4-2-5-10(12)11(9)15-7-3-6-14/h2,4-5,13-14H,3,6-8H2,1H3. The van der Waals surface area contributed by atoms with Crippen LogP contribution in [0.15, 0.2) is 23.1 Å². The zero-order chi connectivity index (χ0) is 11.1. The van der Waals surface area contributed by atoms with Gasteiger partial charge < -0.3 is 10.4 Å². The fourth-order valence-corrected chi connectivity index (χ4v) is 2.29. The third-order valence-corrected chi connectivity index (χ3v) is 3.20. The van der Waals surface area contributed by atoms with E-state index in [1.807, 2.05) is 13.1 Å². The number of rotatable bonds is 6. The van der Waals surface area contributed by atoms with Crippen molar-refractivity contribution in [2.24, 2.45) is 0 Å². The molecule has 0 atom stereocenters. The summed E-state index contributed by atoms with van der Waals surface area (Å²) in [4.78, 5) is 0.695. The van der Waals surface area contributed by atoms with Crippen molar-refractivity contribution >= 4 is 11.8 Å². The molecular weight excluding hydrogens is 213 g/mol. The van der Waals surface area contributed by atoms with Crippen molar-refractivity contribution in [2.75, 3.05) is 19.4 Å². The second-order valence-corrected chi connectivity index (χ2v) is 4.29. The van der Waals surface area contributed by atoms with Gasteiger partial charge >= 0.3 is 0 Å². The largest absolute Gasteiger partial charge is 0.396 e. The van der Waals surface area contributed by atoms with Crippen LogP contribution in [0.2, 0.25) is 0 Å². The molecule has 0 heterocycles. The average Bonchev–Trinajstić information content (AvgIpc) is 2.23. The molecule has 0 saturated heterocycles. The molecule has 0 saturated carbocycles. The fraction of sp³-hybridized carbons (Fsp3) is 0.455. The minimum atomic E-state index is -0.175. The Morgan fingerprint density at radius 2 is 2.27 bits per heavy atom. The summed E-state index contributed by atoms with van der Waals surface area (Å²) in [5, 5.41) is 11.7. The number of benzene rings is 1. The van der Waals surface area contributed by atoms with E-state index in [9.17, 15) is 4.39 Å². The second kappa shape index (κ2) is 6.82.